The number of nitriles is 4. The molecule has 0 bridgehead atoms. The number of rotatable bonds is 0. The van der Waals surface area contributed by atoms with Crippen LogP contribution in [0.15, 0.2) is 30.3 Å². The van der Waals surface area contributed by atoms with Crippen LogP contribution in [0.4, 0.5) is 0 Å². The van der Waals surface area contributed by atoms with Crippen molar-refractivity contribution in [3.8, 4) is 36.1 Å². The van der Waals surface area contributed by atoms with Gasteiger partial charge in [-0.25, -0.2) is 0 Å². The Bertz CT molecular complexity index is 772. The molecule has 1 fully saturated rings. The first-order valence-corrected chi connectivity index (χ1v) is 6.67. The van der Waals surface area contributed by atoms with Crippen molar-refractivity contribution in [2.24, 2.45) is 22.7 Å². The molecule has 1 aliphatic carbocycles. The van der Waals surface area contributed by atoms with Crippen LogP contribution < -0.4 is 0 Å². The Balaban J connectivity index is 2.54. The average Bonchev–Trinajstić information content (AvgIpc) is 2.81. The summed E-state index contributed by atoms with van der Waals surface area (Å²) in [5.74, 6) is 4.54. The molecule has 0 heterocycles. The summed E-state index contributed by atoms with van der Waals surface area (Å²) in [6.07, 6.45) is 1.66. The zero-order valence-electron chi connectivity index (χ0n) is 11.9. The Hall–Kier alpha value is -3.26. The molecule has 0 spiro atoms. The fourth-order valence-electron chi connectivity index (χ4n) is 2.77. The third-order valence-corrected chi connectivity index (χ3v) is 4.10. The topological polar surface area (TPSA) is 95.2 Å². The monoisotopic (exact) mass is 283 g/mol. The van der Waals surface area contributed by atoms with E-state index < -0.39 is 22.7 Å². The lowest BCUT2D eigenvalue weighted by Gasteiger charge is -2.27. The van der Waals surface area contributed by atoms with Gasteiger partial charge in [-0.2, -0.15) is 21.0 Å². The van der Waals surface area contributed by atoms with Crippen LogP contribution in [-0.4, -0.2) is 0 Å². The Morgan fingerprint density at radius 2 is 1.41 bits per heavy atom. The molecule has 1 saturated carbocycles. The summed E-state index contributed by atoms with van der Waals surface area (Å²) in [5.41, 5.74) is -2.73. The van der Waals surface area contributed by atoms with Crippen molar-refractivity contribution in [3.05, 3.63) is 42.3 Å². The van der Waals surface area contributed by atoms with Crippen molar-refractivity contribution in [2.45, 2.75) is 6.92 Å². The fraction of sp³-hybridized carbons (Fsp3) is 0.278. The van der Waals surface area contributed by atoms with Gasteiger partial charge >= 0.3 is 0 Å². The van der Waals surface area contributed by atoms with E-state index in [9.17, 15) is 21.0 Å². The molecule has 2 atom stereocenters. The van der Waals surface area contributed by atoms with Crippen LogP contribution in [0, 0.1) is 86.3 Å². The van der Waals surface area contributed by atoms with E-state index in [0.717, 1.165) is 5.56 Å². The second-order valence-corrected chi connectivity index (χ2v) is 5.16. The van der Waals surface area contributed by atoms with Gasteiger partial charge in [-0.3, -0.25) is 0 Å². The molecule has 1 aromatic carbocycles. The molecule has 1 aliphatic rings. The summed E-state index contributed by atoms with van der Waals surface area (Å²) in [6.45, 7) is 1.67. The minimum absolute atomic E-state index is 0.517. The highest BCUT2D eigenvalue weighted by atomic mass is 14.7. The molecule has 22 heavy (non-hydrogen) atoms. The van der Waals surface area contributed by atoms with Crippen molar-refractivity contribution < 1.29 is 0 Å². The van der Waals surface area contributed by atoms with Crippen LogP contribution in [-0.2, 0) is 0 Å². The summed E-state index contributed by atoms with van der Waals surface area (Å²) in [6, 6.07) is 16.7. The summed E-state index contributed by atoms with van der Waals surface area (Å²) >= 11 is 0. The first-order chi connectivity index (χ1) is 10.6. The van der Waals surface area contributed by atoms with Crippen LogP contribution in [0.2, 0.25) is 0 Å². The maximum absolute atomic E-state index is 9.54. The molecular formula is C18H11N4. The molecular weight excluding hydrogens is 272 g/mol. The highest BCUT2D eigenvalue weighted by Gasteiger charge is 2.67. The normalized spacial score (nSPS) is 23.7. The fourth-order valence-corrected chi connectivity index (χ4v) is 2.77. The molecule has 1 radical (unpaired) electrons. The van der Waals surface area contributed by atoms with Gasteiger partial charge in [0.1, 0.15) is 0 Å². The third kappa shape index (κ3) is 1.90. The smallest absolute Gasteiger partial charge is 0.189 e. The number of nitrogens with zero attached hydrogens (tertiary/aromatic N) is 4. The SMILES string of the molecule is CC1[CH]C(C#Cc2ccccc2)C(C#N)(C#N)C1(C#N)C#N. The van der Waals surface area contributed by atoms with Gasteiger partial charge < -0.3 is 0 Å². The van der Waals surface area contributed by atoms with E-state index in [1.807, 2.05) is 54.6 Å². The van der Waals surface area contributed by atoms with E-state index in [1.54, 1.807) is 13.3 Å². The van der Waals surface area contributed by atoms with Gasteiger partial charge in [0.15, 0.2) is 10.8 Å². The van der Waals surface area contributed by atoms with Gasteiger partial charge in [0.2, 0.25) is 0 Å². The van der Waals surface area contributed by atoms with E-state index in [1.165, 1.54) is 0 Å². The maximum Gasteiger partial charge on any atom is 0.189 e. The summed E-state index contributed by atoms with van der Waals surface area (Å²) in [4.78, 5) is 0. The van der Waals surface area contributed by atoms with Gasteiger partial charge in [-0.05, 0) is 24.5 Å². The molecule has 0 amide bonds. The minimum Gasteiger partial charge on any atom is -0.196 e. The van der Waals surface area contributed by atoms with Crippen molar-refractivity contribution >= 4 is 0 Å². The summed E-state index contributed by atoms with van der Waals surface area (Å²) < 4.78 is 0. The van der Waals surface area contributed by atoms with Crippen LogP contribution >= 0.6 is 0 Å². The van der Waals surface area contributed by atoms with Crippen LogP contribution in [0.25, 0.3) is 0 Å². The van der Waals surface area contributed by atoms with Gasteiger partial charge in [-0.15, -0.1) is 0 Å². The Morgan fingerprint density at radius 3 is 1.91 bits per heavy atom. The Morgan fingerprint density at radius 1 is 0.864 bits per heavy atom. The second-order valence-electron chi connectivity index (χ2n) is 5.16. The van der Waals surface area contributed by atoms with Crippen molar-refractivity contribution in [2.75, 3.05) is 0 Å². The van der Waals surface area contributed by atoms with Crippen LogP contribution in [0.3, 0.4) is 0 Å². The summed E-state index contributed by atoms with van der Waals surface area (Å²) in [5, 5.41) is 38.0. The first kappa shape index (κ1) is 15.1. The van der Waals surface area contributed by atoms with Gasteiger partial charge in [0.25, 0.3) is 0 Å². The second kappa shape index (κ2) is 5.62. The molecule has 0 saturated heterocycles. The van der Waals surface area contributed by atoms with E-state index in [0.29, 0.717) is 0 Å². The number of benzene rings is 1. The van der Waals surface area contributed by atoms with E-state index in [-0.39, 0.29) is 0 Å². The minimum atomic E-state index is -1.78. The van der Waals surface area contributed by atoms with Gasteiger partial charge in [0.05, 0.1) is 30.2 Å². The predicted octanol–water partition coefficient (Wildman–Crippen LogP) is 2.58. The van der Waals surface area contributed by atoms with Gasteiger partial charge in [0, 0.05) is 5.56 Å². The van der Waals surface area contributed by atoms with Crippen molar-refractivity contribution in [1.82, 2.24) is 0 Å². The number of hydrogen-bond acceptors (Lipinski definition) is 4. The highest BCUT2D eigenvalue weighted by Crippen LogP contribution is 2.57. The summed E-state index contributed by atoms with van der Waals surface area (Å²) in [7, 11) is 0. The predicted molar refractivity (Wildman–Crippen MR) is 77.6 cm³/mol. The average molecular weight is 283 g/mol. The lowest BCUT2D eigenvalue weighted by molar-refractivity contribution is 0.280. The molecule has 4 heteroatoms. The molecule has 1 aromatic rings. The van der Waals surface area contributed by atoms with E-state index >= 15 is 0 Å². The molecule has 103 valence electrons. The van der Waals surface area contributed by atoms with Crippen molar-refractivity contribution in [3.63, 3.8) is 0 Å². The van der Waals surface area contributed by atoms with Crippen molar-refractivity contribution in [1.29, 1.82) is 21.0 Å². The Kier molecular flexibility index (Phi) is 3.87. The quantitative estimate of drug-likeness (QED) is 0.683. The number of hydrogen-bond donors (Lipinski definition) is 0. The van der Waals surface area contributed by atoms with Crippen LogP contribution in [0.1, 0.15) is 12.5 Å². The Labute approximate surface area is 129 Å². The lowest BCUT2D eigenvalue weighted by atomic mass is 9.63. The standard InChI is InChI=1S/C18H11N4/c1-14-9-16(8-7-15-5-3-2-4-6-15)18(12-21,13-22)17(14,10-19)11-20/h2-6,9,14,16H,1H3. The highest BCUT2D eigenvalue weighted by molar-refractivity contribution is 5.47. The van der Waals surface area contributed by atoms with Crippen LogP contribution in [0.5, 0.6) is 0 Å². The molecule has 2 rings (SSSR count). The van der Waals surface area contributed by atoms with E-state index in [2.05, 4.69) is 11.8 Å². The maximum atomic E-state index is 9.54. The molecule has 4 nitrogen and oxygen atoms in total. The zero-order valence-corrected chi connectivity index (χ0v) is 11.9. The zero-order chi connectivity index (χ0) is 16.2. The third-order valence-electron chi connectivity index (χ3n) is 4.10. The lowest BCUT2D eigenvalue weighted by Crippen LogP contribution is -2.39. The largest absolute Gasteiger partial charge is 0.196 e. The molecule has 0 aromatic heterocycles. The molecule has 0 aliphatic heterocycles. The van der Waals surface area contributed by atoms with E-state index in [4.69, 9.17) is 0 Å². The first-order valence-electron chi connectivity index (χ1n) is 6.67. The molecule has 2 unspecified atom stereocenters. The molecule has 0 N–H and O–H groups in total. The van der Waals surface area contributed by atoms with Gasteiger partial charge in [-0.1, -0.05) is 37.0 Å².